The van der Waals surface area contributed by atoms with E-state index in [-0.39, 0.29) is 0 Å². The van der Waals surface area contributed by atoms with E-state index in [9.17, 15) is 0 Å². The van der Waals surface area contributed by atoms with Gasteiger partial charge in [0.15, 0.2) is 11.5 Å². The van der Waals surface area contributed by atoms with Crippen LogP contribution in [-0.4, -0.2) is 18.9 Å². The van der Waals surface area contributed by atoms with Crippen LogP contribution in [0.3, 0.4) is 0 Å². The van der Waals surface area contributed by atoms with Crippen LogP contribution in [0, 0.1) is 0 Å². The molecule has 3 heteroatoms. The lowest BCUT2D eigenvalue weighted by Gasteiger charge is -2.16. The first kappa shape index (κ1) is 11.3. The predicted octanol–water partition coefficient (Wildman–Crippen LogP) is 2.34. The minimum atomic E-state index is 0.346. The molecule has 1 atom stereocenters. The van der Waals surface area contributed by atoms with Gasteiger partial charge >= 0.3 is 0 Å². The predicted molar refractivity (Wildman–Crippen MR) is 64.0 cm³/mol. The van der Waals surface area contributed by atoms with Crippen molar-refractivity contribution in [2.45, 2.75) is 39.3 Å². The molecule has 1 aromatic carbocycles. The summed E-state index contributed by atoms with van der Waals surface area (Å²) in [6.07, 6.45) is 1.01. The van der Waals surface area contributed by atoms with Crippen LogP contribution in [0.25, 0.3) is 0 Å². The zero-order valence-electron chi connectivity index (χ0n) is 10.1. The Hall–Kier alpha value is -1.22. The lowest BCUT2D eigenvalue weighted by Crippen LogP contribution is -2.33. The van der Waals surface area contributed by atoms with Gasteiger partial charge in [-0.15, -0.1) is 0 Å². The van der Waals surface area contributed by atoms with E-state index in [1.54, 1.807) is 0 Å². The van der Waals surface area contributed by atoms with Crippen molar-refractivity contribution in [3.63, 3.8) is 0 Å². The molecule has 1 aliphatic rings. The van der Waals surface area contributed by atoms with Crippen molar-refractivity contribution in [2.24, 2.45) is 0 Å². The van der Waals surface area contributed by atoms with Crippen molar-refractivity contribution >= 4 is 0 Å². The van der Waals surface area contributed by atoms with E-state index < -0.39 is 0 Å². The summed E-state index contributed by atoms with van der Waals surface area (Å²) in [6, 6.07) is 7.15. The molecule has 0 saturated heterocycles. The Morgan fingerprint density at radius 2 is 1.94 bits per heavy atom. The first-order valence-electron chi connectivity index (χ1n) is 5.79. The fourth-order valence-electron chi connectivity index (χ4n) is 2.05. The van der Waals surface area contributed by atoms with Crippen molar-refractivity contribution < 1.29 is 9.47 Å². The molecule has 0 radical (unpaired) electrons. The van der Waals surface area contributed by atoms with Crippen molar-refractivity contribution in [1.82, 2.24) is 5.32 Å². The average Bonchev–Trinajstić information content (AvgIpc) is 2.63. The second-order valence-electron chi connectivity index (χ2n) is 4.61. The van der Waals surface area contributed by atoms with Crippen molar-refractivity contribution in [1.29, 1.82) is 0 Å². The smallest absolute Gasteiger partial charge is 0.231 e. The molecule has 1 heterocycles. The third-order valence-electron chi connectivity index (χ3n) is 2.60. The van der Waals surface area contributed by atoms with Gasteiger partial charge in [-0.05, 0) is 31.0 Å². The van der Waals surface area contributed by atoms with Gasteiger partial charge in [-0.1, -0.05) is 19.9 Å². The topological polar surface area (TPSA) is 30.5 Å². The highest BCUT2D eigenvalue weighted by atomic mass is 16.7. The first-order chi connectivity index (χ1) is 7.65. The Labute approximate surface area is 96.8 Å². The molecule has 16 heavy (non-hydrogen) atoms. The zero-order valence-corrected chi connectivity index (χ0v) is 10.1. The number of ether oxygens (including phenoxy) is 2. The van der Waals surface area contributed by atoms with Gasteiger partial charge in [-0.3, -0.25) is 0 Å². The van der Waals surface area contributed by atoms with E-state index in [4.69, 9.17) is 9.47 Å². The molecule has 1 aromatic rings. The normalized spacial score (nSPS) is 15.5. The fraction of sp³-hybridized carbons (Fsp3) is 0.538. The van der Waals surface area contributed by atoms with E-state index in [1.165, 1.54) is 5.56 Å². The maximum Gasteiger partial charge on any atom is 0.231 e. The summed E-state index contributed by atoms with van der Waals surface area (Å²) in [5, 5.41) is 3.49. The number of hydrogen-bond donors (Lipinski definition) is 1. The van der Waals surface area contributed by atoms with E-state index in [0.29, 0.717) is 18.9 Å². The monoisotopic (exact) mass is 221 g/mol. The molecule has 0 saturated carbocycles. The Morgan fingerprint density at radius 1 is 1.19 bits per heavy atom. The molecule has 0 aromatic heterocycles. The van der Waals surface area contributed by atoms with E-state index in [2.05, 4.69) is 38.2 Å². The number of benzene rings is 1. The van der Waals surface area contributed by atoms with Gasteiger partial charge in [0.05, 0.1) is 0 Å². The number of fused-ring (bicyclic) bond motifs is 1. The highest BCUT2D eigenvalue weighted by Crippen LogP contribution is 2.32. The van der Waals surface area contributed by atoms with E-state index in [1.807, 2.05) is 6.07 Å². The lowest BCUT2D eigenvalue weighted by atomic mass is 10.1. The van der Waals surface area contributed by atoms with Gasteiger partial charge in [0.25, 0.3) is 0 Å². The SMILES string of the molecule is CC(C)NC(C)Cc1ccc2c(c1)OCO2. The van der Waals surface area contributed by atoms with Crippen LogP contribution >= 0.6 is 0 Å². The highest BCUT2D eigenvalue weighted by molar-refractivity contribution is 5.44. The van der Waals surface area contributed by atoms with Crippen molar-refractivity contribution in [3.05, 3.63) is 23.8 Å². The molecular formula is C13H19NO2. The Kier molecular flexibility index (Phi) is 3.34. The zero-order chi connectivity index (χ0) is 11.5. The largest absolute Gasteiger partial charge is 0.454 e. The maximum atomic E-state index is 5.36. The van der Waals surface area contributed by atoms with Crippen LogP contribution in [0.4, 0.5) is 0 Å². The molecule has 0 amide bonds. The third kappa shape index (κ3) is 2.67. The van der Waals surface area contributed by atoms with Crippen LogP contribution in [0.15, 0.2) is 18.2 Å². The fourth-order valence-corrected chi connectivity index (χ4v) is 2.05. The number of rotatable bonds is 4. The first-order valence-corrected chi connectivity index (χ1v) is 5.79. The van der Waals surface area contributed by atoms with Crippen LogP contribution in [-0.2, 0) is 6.42 Å². The van der Waals surface area contributed by atoms with Crippen LogP contribution in [0.1, 0.15) is 26.3 Å². The molecule has 0 aliphatic carbocycles. The summed E-state index contributed by atoms with van der Waals surface area (Å²) in [5.41, 5.74) is 1.28. The summed E-state index contributed by atoms with van der Waals surface area (Å²) in [5.74, 6) is 1.72. The van der Waals surface area contributed by atoms with Crippen LogP contribution in [0.5, 0.6) is 11.5 Å². The standard InChI is InChI=1S/C13H19NO2/c1-9(2)14-10(3)6-11-4-5-12-13(7-11)16-8-15-12/h4-5,7,9-10,14H,6,8H2,1-3H3. The second-order valence-corrected chi connectivity index (χ2v) is 4.61. The lowest BCUT2D eigenvalue weighted by molar-refractivity contribution is 0.174. The summed E-state index contributed by atoms with van der Waals surface area (Å²) in [4.78, 5) is 0. The molecule has 1 aliphatic heterocycles. The molecule has 0 bridgehead atoms. The number of nitrogens with one attached hydrogen (secondary N) is 1. The molecule has 1 unspecified atom stereocenters. The summed E-state index contributed by atoms with van der Waals surface area (Å²) in [6.45, 7) is 6.87. The van der Waals surface area contributed by atoms with Gasteiger partial charge in [-0.25, -0.2) is 0 Å². The quantitative estimate of drug-likeness (QED) is 0.846. The Morgan fingerprint density at radius 3 is 2.69 bits per heavy atom. The second kappa shape index (κ2) is 4.74. The Balaban J connectivity index is 1.99. The molecule has 1 N–H and O–H groups in total. The summed E-state index contributed by atoms with van der Waals surface area (Å²) < 4.78 is 10.6. The molecule has 0 spiro atoms. The molecule has 2 rings (SSSR count). The maximum absolute atomic E-state index is 5.36. The summed E-state index contributed by atoms with van der Waals surface area (Å²) in [7, 11) is 0. The van der Waals surface area contributed by atoms with Crippen LogP contribution < -0.4 is 14.8 Å². The number of hydrogen-bond acceptors (Lipinski definition) is 3. The molecule has 88 valence electrons. The van der Waals surface area contributed by atoms with Gasteiger partial charge in [0.2, 0.25) is 6.79 Å². The van der Waals surface area contributed by atoms with E-state index >= 15 is 0 Å². The highest BCUT2D eigenvalue weighted by Gasteiger charge is 2.14. The minimum absolute atomic E-state index is 0.346. The average molecular weight is 221 g/mol. The van der Waals surface area contributed by atoms with Crippen molar-refractivity contribution in [2.75, 3.05) is 6.79 Å². The van der Waals surface area contributed by atoms with E-state index in [0.717, 1.165) is 17.9 Å². The van der Waals surface area contributed by atoms with Crippen LogP contribution in [0.2, 0.25) is 0 Å². The van der Waals surface area contributed by atoms with Gasteiger partial charge < -0.3 is 14.8 Å². The molecule has 0 fully saturated rings. The van der Waals surface area contributed by atoms with Gasteiger partial charge in [-0.2, -0.15) is 0 Å². The van der Waals surface area contributed by atoms with Gasteiger partial charge in [0, 0.05) is 12.1 Å². The Bertz CT molecular complexity index is 363. The molecule has 3 nitrogen and oxygen atoms in total. The summed E-state index contributed by atoms with van der Waals surface area (Å²) >= 11 is 0. The van der Waals surface area contributed by atoms with Crippen molar-refractivity contribution in [3.8, 4) is 11.5 Å². The van der Waals surface area contributed by atoms with Gasteiger partial charge in [0.1, 0.15) is 0 Å². The molecular weight excluding hydrogens is 202 g/mol. The minimum Gasteiger partial charge on any atom is -0.454 e. The third-order valence-corrected chi connectivity index (χ3v) is 2.60.